The molecule has 1 aliphatic heterocycles. The van der Waals surface area contributed by atoms with Crippen LogP contribution in [0.5, 0.6) is 5.75 Å². The van der Waals surface area contributed by atoms with Crippen molar-refractivity contribution in [3.05, 3.63) is 107 Å². The maximum Gasteiger partial charge on any atom is 0.288 e. The molecule has 4 rings (SSSR count). The van der Waals surface area contributed by atoms with E-state index in [1.807, 2.05) is 73.7 Å². The van der Waals surface area contributed by atoms with Gasteiger partial charge in [0.15, 0.2) is 5.84 Å². The SMILES string of the molecule is COc1ccc(/C=C2/N=C(c3ccccc3)N(C(=O)c3ccc(C)cc3)NC2=O)cc1. The minimum absolute atomic E-state index is 0.206. The number of aliphatic imine (C=N–C) groups is 1. The van der Waals surface area contributed by atoms with Crippen molar-refractivity contribution in [2.45, 2.75) is 6.92 Å². The van der Waals surface area contributed by atoms with Crippen LogP contribution in [0.3, 0.4) is 0 Å². The quantitative estimate of drug-likeness (QED) is 0.660. The van der Waals surface area contributed by atoms with Crippen molar-refractivity contribution in [2.75, 3.05) is 7.11 Å². The summed E-state index contributed by atoms with van der Waals surface area (Å²) in [7, 11) is 1.60. The van der Waals surface area contributed by atoms with Gasteiger partial charge in [0.1, 0.15) is 11.4 Å². The van der Waals surface area contributed by atoms with Gasteiger partial charge in [0.05, 0.1) is 7.11 Å². The molecule has 154 valence electrons. The summed E-state index contributed by atoms with van der Waals surface area (Å²) in [5, 5.41) is 1.20. The Hall–Kier alpha value is -4.19. The van der Waals surface area contributed by atoms with Crippen LogP contribution in [0, 0.1) is 6.92 Å². The van der Waals surface area contributed by atoms with Crippen molar-refractivity contribution in [2.24, 2.45) is 4.99 Å². The molecular formula is C25H21N3O3. The molecule has 1 heterocycles. The summed E-state index contributed by atoms with van der Waals surface area (Å²) in [5.74, 6) is 0.250. The molecule has 1 aliphatic rings. The van der Waals surface area contributed by atoms with Crippen molar-refractivity contribution in [3.63, 3.8) is 0 Å². The first-order valence-electron chi connectivity index (χ1n) is 9.77. The first kappa shape index (κ1) is 20.1. The van der Waals surface area contributed by atoms with Gasteiger partial charge >= 0.3 is 0 Å². The summed E-state index contributed by atoms with van der Waals surface area (Å²) in [5.41, 5.74) is 5.90. The highest BCUT2D eigenvalue weighted by molar-refractivity contribution is 6.18. The topological polar surface area (TPSA) is 71.0 Å². The van der Waals surface area contributed by atoms with Crippen molar-refractivity contribution in [1.29, 1.82) is 0 Å². The number of amides is 2. The maximum absolute atomic E-state index is 13.2. The van der Waals surface area contributed by atoms with Gasteiger partial charge in [-0.15, -0.1) is 0 Å². The summed E-state index contributed by atoms with van der Waals surface area (Å²) < 4.78 is 5.17. The fourth-order valence-electron chi connectivity index (χ4n) is 3.14. The number of aryl methyl sites for hydroxylation is 1. The molecule has 0 saturated carbocycles. The van der Waals surface area contributed by atoms with Crippen molar-refractivity contribution >= 4 is 23.7 Å². The van der Waals surface area contributed by atoms with Gasteiger partial charge in [-0.25, -0.2) is 4.99 Å². The Morgan fingerprint density at radius 2 is 1.65 bits per heavy atom. The van der Waals surface area contributed by atoms with E-state index < -0.39 is 5.91 Å². The summed E-state index contributed by atoms with van der Waals surface area (Å²) >= 11 is 0. The third-order valence-electron chi connectivity index (χ3n) is 4.84. The molecule has 31 heavy (non-hydrogen) atoms. The van der Waals surface area contributed by atoms with Gasteiger partial charge < -0.3 is 4.74 Å². The summed E-state index contributed by atoms with van der Waals surface area (Å²) in [6.45, 7) is 1.95. The Morgan fingerprint density at radius 3 is 2.29 bits per heavy atom. The molecule has 0 aliphatic carbocycles. The first-order chi connectivity index (χ1) is 15.0. The number of carbonyl (C=O) groups excluding carboxylic acids is 2. The van der Waals surface area contributed by atoms with E-state index in [9.17, 15) is 9.59 Å². The molecule has 0 aromatic heterocycles. The smallest absolute Gasteiger partial charge is 0.288 e. The molecule has 6 heteroatoms. The van der Waals surface area contributed by atoms with Gasteiger partial charge in [-0.1, -0.05) is 60.2 Å². The number of ether oxygens (including phenoxy) is 1. The Bertz CT molecular complexity index is 1160. The lowest BCUT2D eigenvalue weighted by Crippen LogP contribution is -2.53. The van der Waals surface area contributed by atoms with E-state index in [2.05, 4.69) is 10.4 Å². The fourth-order valence-corrected chi connectivity index (χ4v) is 3.14. The van der Waals surface area contributed by atoms with Gasteiger partial charge in [0, 0.05) is 11.1 Å². The van der Waals surface area contributed by atoms with Crippen molar-refractivity contribution in [3.8, 4) is 5.75 Å². The summed E-state index contributed by atoms with van der Waals surface area (Å²) in [4.78, 5) is 30.5. The van der Waals surface area contributed by atoms with Crippen LogP contribution in [-0.2, 0) is 4.79 Å². The van der Waals surface area contributed by atoms with Crippen LogP contribution in [-0.4, -0.2) is 29.8 Å². The molecule has 2 amide bonds. The largest absolute Gasteiger partial charge is 0.497 e. The summed E-state index contributed by atoms with van der Waals surface area (Å²) in [6.07, 6.45) is 1.67. The summed E-state index contributed by atoms with van der Waals surface area (Å²) in [6, 6.07) is 23.7. The molecule has 1 N–H and O–H groups in total. The van der Waals surface area contributed by atoms with Crippen LogP contribution in [0.1, 0.15) is 27.0 Å². The highest BCUT2D eigenvalue weighted by atomic mass is 16.5. The highest BCUT2D eigenvalue weighted by Gasteiger charge is 2.30. The number of hydrogen-bond donors (Lipinski definition) is 1. The number of nitrogens with zero attached hydrogens (tertiary/aromatic N) is 2. The lowest BCUT2D eigenvalue weighted by Gasteiger charge is -2.28. The predicted molar refractivity (Wildman–Crippen MR) is 119 cm³/mol. The number of carbonyl (C=O) groups is 2. The van der Waals surface area contributed by atoms with E-state index in [1.165, 1.54) is 5.01 Å². The average Bonchev–Trinajstić information content (AvgIpc) is 2.81. The van der Waals surface area contributed by atoms with E-state index in [0.717, 1.165) is 16.9 Å². The highest BCUT2D eigenvalue weighted by Crippen LogP contribution is 2.20. The molecule has 0 unspecified atom stereocenters. The van der Waals surface area contributed by atoms with Gasteiger partial charge in [-0.2, -0.15) is 5.01 Å². The Balaban J connectivity index is 1.75. The molecule has 6 nitrogen and oxygen atoms in total. The van der Waals surface area contributed by atoms with Crippen molar-refractivity contribution < 1.29 is 14.3 Å². The van der Waals surface area contributed by atoms with E-state index in [0.29, 0.717) is 17.0 Å². The molecule has 3 aromatic carbocycles. The van der Waals surface area contributed by atoms with Crippen molar-refractivity contribution in [1.82, 2.24) is 10.4 Å². The number of benzene rings is 3. The van der Waals surface area contributed by atoms with Crippen LogP contribution in [0.2, 0.25) is 0 Å². The Morgan fingerprint density at radius 1 is 0.968 bits per heavy atom. The molecular weight excluding hydrogens is 390 g/mol. The number of hydrogen-bond acceptors (Lipinski definition) is 4. The molecule has 0 fully saturated rings. The zero-order valence-electron chi connectivity index (χ0n) is 17.2. The second kappa shape index (κ2) is 8.67. The molecule has 0 bridgehead atoms. The van der Waals surface area contributed by atoms with Gasteiger partial charge in [-0.3, -0.25) is 15.0 Å². The zero-order chi connectivity index (χ0) is 21.8. The molecule has 0 radical (unpaired) electrons. The van der Waals surface area contributed by atoms with Crippen LogP contribution in [0.25, 0.3) is 6.08 Å². The fraction of sp³-hybridized carbons (Fsp3) is 0.0800. The molecule has 0 atom stereocenters. The van der Waals surface area contributed by atoms with Crippen LogP contribution >= 0.6 is 0 Å². The number of nitrogens with one attached hydrogen (secondary N) is 1. The second-order valence-corrected chi connectivity index (χ2v) is 7.05. The normalized spacial score (nSPS) is 14.8. The van der Waals surface area contributed by atoms with E-state index in [1.54, 1.807) is 25.3 Å². The van der Waals surface area contributed by atoms with Crippen LogP contribution in [0.15, 0.2) is 89.6 Å². The third kappa shape index (κ3) is 4.38. The molecule has 0 saturated heterocycles. The first-order valence-corrected chi connectivity index (χ1v) is 9.77. The minimum atomic E-state index is -0.462. The zero-order valence-corrected chi connectivity index (χ0v) is 17.2. The van der Waals surface area contributed by atoms with E-state index >= 15 is 0 Å². The number of amidine groups is 1. The van der Waals surface area contributed by atoms with E-state index in [-0.39, 0.29) is 11.6 Å². The van der Waals surface area contributed by atoms with Gasteiger partial charge in [-0.05, 0) is 42.8 Å². The third-order valence-corrected chi connectivity index (χ3v) is 4.84. The van der Waals surface area contributed by atoms with E-state index in [4.69, 9.17) is 4.74 Å². The van der Waals surface area contributed by atoms with Crippen LogP contribution < -0.4 is 10.2 Å². The average molecular weight is 411 g/mol. The van der Waals surface area contributed by atoms with Gasteiger partial charge in [0.25, 0.3) is 11.8 Å². The Labute approximate surface area is 180 Å². The predicted octanol–water partition coefficient (Wildman–Crippen LogP) is 3.98. The number of methoxy groups -OCH3 is 1. The van der Waals surface area contributed by atoms with Crippen LogP contribution in [0.4, 0.5) is 0 Å². The lowest BCUT2D eigenvalue weighted by molar-refractivity contribution is -0.120. The molecule has 3 aromatic rings. The monoisotopic (exact) mass is 411 g/mol. The number of hydrazine groups is 1. The number of rotatable bonds is 4. The minimum Gasteiger partial charge on any atom is -0.497 e. The molecule has 0 spiro atoms. The maximum atomic E-state index is 13.2. The van der Waals surface area contributed by atoms with Gasteiger partial charge in [0.2, 0.25) is 0 Å². The lowest BCUT2D eigenvalue weighted by atomic mass is 10.1. The standard InChI is InChI=1S/C25H21N3O3/c1-17-8-12-20(13-9-17)25(30)28-23(19-6-4-3-5-7-19)26-22(24(29)27-28)16-18-10-14-21(31-2)15-11-18/h3-16H,1-2H3,(H,27,29)/b22-16+. The Kier molecular flexibility index (Phi) is 5.62. The second-order valence-electron chi connectivity index (χ2n) is 7.05.